The van der Waals surface area contributed by atoms with E-state index in [0.29, 0.717) is 16.9 Å². The van der Waals surface area contributed by atoms with E-state index in [9.17, 15) is 15.2 Å². The molecule has 4 nitrogen and oxygen atoms in total. The highest BCUT2D eigenvalue weighted by atomic mass is 35.5. The topological polar surface area (TPSA) is 70.3 Å². The summed E-state index contributed by atoms with van der Waals surface area (Å²) in [4.78, 5) is 12.4. The number of nitrogens with zero attached hydrogens (tertiary/aromatic N) is 1. The third-order valence-corrected chi connectivity index (χ3v) is 3.28. The van der Waals surface area contributed by atoms with Crippen LogP contribution in [0.3, 0.4) is 0 Å². The van der Waals surface area contributed by atoms with Gasteiger partial charge in [-0.2, -0.15) is 5.26 Å². The number of ketones is 1. The molecule has 0 aliphatic heterocycles. The minimum Gasteiger partial charge on any atom is -0.506 e. The molecule has 0 aliphatic rings. The number of hydrogen-bond donors (Lipinski definition) is 1. The third-order valence-electron chi connectivity index (χ3n) is 2.98. The molecule has 0 spiro atoms. The molecular weight excluding hydrogens is 302 g/mol. The summed E-state index contributed by atoms with van der Waals surface area (Å²) in [6.45, 7) is 0. The number of carbonyl (C=O) groups excluding carboxylic acids is 1. The highest BCUT2D eigenvalue weighted by Crippen LogP contribution is 2.25. The second kappa shape index (κ2) is 6.79. The Balaban J connectivity index is 2.38. The fourth-order valence-electron chi connectivity index (χ4n) is 1.85. The maximum atomic E-state index is 12.4. The molecule has 0 atom stereocenters. The molecule has 5 heteroatoms. The first kappa shape index (κ1) is 15.6. The van der Waals surface area contributed by atoms with Gasteiger partial charge in [0.05, 0.1) is 12.1 Å². The third kappa shape index (κ3) is 3.46. The van der Waals surface area contributed by atoms with E-state index in [4.69, 9.17) is 16.3 Å². The number of rotatable bonds is 4. The predicted molar refractivity (Wildman–Crippen MR) is 84.0 cm³/mol. The molecule has 1 N–H and O–H groups in total. The summed E-state index contributed by atoms with van der Waals surface area (Å²) in [7, 11) is 1.50. The van der Waals surface area contributed by atoms with E-state index in [-0.39, 0.29) is 16.3 Å². The number of phenolic OH excluding ortho intramolecular Hbond substituents is 1. The van der Waals surface area contributed by atoms with E-state index in [1.165, 1.54) is 25.3 Å². The summed E-state index contributed by atoms with van der Waals surface area (Å²) in [5.74, 6) is 0.0675. The van der Waals surface area contributed by atoms with Crippen LogP contribution in [0.5, 0.6) is 11.5 Å². The lowest BCUT2D eigenvalue weighted by atomic mass is 10.0. The number of hydrogen-bond acceptors (Lipinski definition) is 4. The number of carbonyl (C=O) groups is 1. The van der Waals surface area contributed by atoms with Crippen molar-refractivity contribution in [1.82, 2.24) is 0 Å². The van der Waals surface area contributed by atoms with Crippen molar-refractivity contribution in [3.63, 3.8) is 0 Å². The fourth-order valence-corrected chi connectivity index (χ4v) is 2.04. The molecule has 2 aromatic rings. The molecule has 0 saturated heterocycles. The molecule has 0 bridgehead atoms. The second-order valence-corrected chi connectivity index (χ2v) is 4.85. The maximum absolute atomic E-state index is 12.4. The average molecular weight is 314 g/mol. The number of Topliss-reactive ketones (excluding diaryl/α,β-unsaturated/α-hetero) is 1. The van der Waals surface area contributed by atoms with E-state index in [1.807, 2.05) is 6.07 Å². The van der Waals surface area contributed by atoms with Gasteiger partial charge in [-0.05, 0) is 35.9 Å². The van der Waals surface area contributed by atoms with Gasteiger partial charge < -0.3 is 9.84 Å². The van der Waals surface area contributed by atoms with Gasteiger partial charge >= 0.3 is 0 Å². The van der Waals surface area contributed by atoms with E-state index < -0.39 is 5.78 Å². The molecule has 0 amide bonds. The molecule has 110 valence electrons. The van der Waals surface area contributed by atoms with E-state index in [2.05, 4.69) is 0 Å². The van der Waals surface area contributed by atoms with Crippen molar-refractivity contribution in [2.45, 2.75) is 0 Å². The van der Waals surface area contributed by atoms with Gasteiger partial charge in [0.2, 0.25) is 5.78 Å². The largest absolute Gasteiger partial charge is 0.506 e. The highest BCUT2D eigenvalue weighted by molar-refractivity contribution is 6.32. The Kier molecular flexibility index (Phi) is 4.82. The minimum atomic E-state index is -0.411. The smallest absolute Gasteiger partial charge is 0.203 e. The monoisotopic (exact) mass is 313 g/mol. The standard InChI is InChI=1S/C17H12ClNO3/c1-22-14-4-2-3-12(9-14)17(21)13(10-19)7-11-5-6-16(20)15(18)8-11/h2-9,20H,1H3. The van der Waals surface area contributed by atoms with Gasteiger partial charge in [0, 0.05) is 5.56 Å². The normalized spacial score (nSPS) is 10.9. The van der Waals surface area contributed by atoms with Gasteiger partial charge in [-0.3, -0.25) is 4.79 Å². The molecule has 22 heavy (non-hydrogen) atoms. The van der Waals surface area contributed by atoms with Gasteiger partial charge in [0.25, 0.3) is 0 Å². The molecule has 0 unspecified atom stereocenters. The number of nitriles is 1. The van der Waals surface area contributed by atoms with Gasteiger partial charge in [0.15, 0.2) is 0 Å². The lowest BCUT2D eigenvalue weighted by Gasteiger charge is -2.04. The van der Waals surface area contributed by atoms with Crippen LogP contribution < -0.4 is 4.74 Å². The van der Waals surface area contributed by atoms with Crippen LogP contribution in [0.1, 0.15) is 15.9 Å². The van der Waals surface area contributed by atoms with Crippen LogP contribution in [0, 0.1) is 11.3 Å². The van der Waals surface area contributed by atoms with Crippen LogP contribution in [0.15, 0.2) is 48.0 Å². The number of benzene rings is 2. The summed E-state index contributed by atoms with van der Waals surface area (Å²) < 4.78 is 5.07. The SMILES string of the molecule is COc1cccc(C(=O)C(C#N)=Cc2ccc(O)c(Cl)c2)c1. The number of allylic oxidation sites excluding steroid dienone is 1. The van der Waals surface area contributed by atoms with Gasteiger partial charge in [-0.25, -0.2) is 0 Å². The Morgan fingerprint density at radius 2 is 2.09 bits per heavy atom. The average Bonchev–Trinajstić information content (AvgIpc) is 2.55. The number of halogens is 1. The zero-order chi connectivity index (χ0) is 16.1. The lowest BCUT2D eigenvalue weighted by Crippen LogP contribution is -2.02. The Bertz CT molecular complexity index is 791. The number of aromatic hydroxyl groups is 1. The van der Waals surface area contributed by atoms with Crippen molar-refractivity contribution in [1.29, 1.82) is 5.26 Å². The number of methoxy groups -OCH3 is 1. The zero-order valence-corrected chi connectivity index (χ0v) is 12.5. The van der Waals surface area contributed by atoms with Crippen LogP contribution in [0.25, 0.3) is 6.08 Å². The lowest BCUT2D eigenvalue weighted by molar-refractivity contribution is 0.103. The fraction of sp³-hybridized carbons (Fsp3) is 0.0588. The Morgan fingerprint density at radius 1 is 1.32 bits per heavy atom. The first-order valence-corrected chi connectivity index (χ1v) is 6.72. The molecule has 0 radical (unpaired) electrons. The van der Waals surface area contributed by atoms with E-state index in [1.54, 1.807) is 30.3 Å². The van der Waals surface area contributed by atoms with Crippen molar-refractivity contribution in [3.8, 4) is 17.6 Å². The van der Waals surface area contributed by atoms with Crippen molar-refractivity contribution in [2.75, 3.05) is 7.11 Å². The van der Waals surface area contributed by atoms with Crippen molar-refractivity contribution >= 4 is 23.5 Å². The summed E-state index contributed by atoms with van der Waals surface area (Å²) in [6, 6.07) is 12.9. The quantitative estimate of drug-likeness (QED) is 0.529. The van der Waals surface area contributed by atoms with Crippen LogP contribution >= 0.6 is 11.6 Å². The maximum Gasteiger partial charge on any atom is 0.203 e. The first-order chi connectivity index (χ1) is 10.5. The molecular formula is C17H12ClNO3. The summed E-state index contributed by atoms with van der Waals surface area (Å²) >= 11 is 5.81. The van der Waals surface area contributed by atoms with Gasteiger partial charge in [-0.1, -0.05) is 29.8 Å². The van der Waals surface area contributed by atoms with Crippen LogP contribution in [0.2, 0.25) is 5.02 Å². The van der Waals surface area contributed by atoms with Crippen LogP contribution in [-0.4, -0.2) is 18.0 Å². The Labute approximate surface area is 132 Å². The van der Waals surface area contributed by atoms with Crippen molar-refractivity contribution in [2.24, 2.45) is 0 Å². The summed E-state index contributed by atoms with van der Waals surface area (Å²) in [5.41, 5.74) is 0.877. The highest BCUT2D eigenvalue weighted by Gasteiger charge is 2.13. The predicted octanol–water partition coefficient (Wildman–Crippen LogP) is 3.84. The van der Waals surface area contributed by atoms with Crippen LogP contribution in [0.4, 0.5) is 0 Å². The van der Waals surface area contributed by atoms with Crippen LogP contribution in [-0.2, 0) is 0 Å². The van der Waals surface area contributed by atoms with Gasteiger partial charge in [-0.15, -0.1) is 0 Å². The number of ether oxygens (including phenoxy) is 1. The molecule has 0 aromatic heterocycles. The molecule has 2 aromatic carbocycles. The summed E-state index contributed by atoms with van der Waals surface area (Å²) in [5, 5.41) is 18.8. The van der Waals surface area contributed by atoms with E-state index in [0.717, 1.165) is 0 Å². The van der Waals surface area contributed by atoms with Crippen molar-refractivity contribution < 1.29 is 14.6 Å². The summed E-state index contributed by atoms with van der Waals surface area (Å²) in [6.07, 6.45) is 1.42. The first-order valence-electron chi connectivity index (χ1n) is 6.34. The zero-order valence-electron chi connectivity index (χ0n) is 11.7. The molecule has 2 rings (SSSR count). The van der Waals surface area contributed by atoms with Gasteiger partial charge in [0.1, 0.15) is 23.1 Å². The van der Waals surface area contributed by atoms with E-state index >= 15 is 0 Å². The number of phenols is 1. The minimum absolute atomic E-state index is 0.0324. The Morgan fingerprint density at radius 3 is 2.73 bits per heavy atom. The molecule has 0 fully saturated rings. The second-order valence-electron chi connectivity index (χ2n) is 4.44. The Hall–Kier alpha value is -2.77. The molecule has 0 saturated carbocycles. The molecule has 0 heterocycles. The molecule has 0 aliphatic carbocycles. The van der Waals surface area contributed by atoms with Crippen molar-refractivity contribution in [3.05, 3.63) is 64.2 Å².